The van der Waals surface area contributed by atoms with E-state index in [1.54, 1.807) is 12.1 Å². The van der Waals surface area contributed by atoms with Crippen molar-refractivity contribution in [3.8, 4) is 0 Å². The summed E-state index contributed by atoms with van der Waals surface area (Å²) in [6.45, 7) is 7.54. The number of imide groups is 1. The summed E-state index contributed by atoms with van der Waals surface area (Å²) in [4.78, 5) is 46.4. The predicted molar refractivity (Wildman–Crippen MR) is 100 cm³/mol. The molecule has 0 fully saturated rings. The van der Waals surface area contributed by atoms with Crippen LogP contribution in [0.1, 0.15) is 50.0 Å². The summed E-state index contributed by atoms with van der Waals surface area (Å²) in [6.07, 6.45) is 0.731. The molecule has 8 nitrogen and oxygen atoms in total. The van der Waals surface area contributed by atoms with Crippen molar-refractivity contribution in [1.82, 2.24) is 16.0 Å². The number of nitrogens with one attached hydrogen (secondary N) is 3. The van der Waals surface area contributed by atoms with Crippen molar-refractivity contribution >= 4 is 23.8 Å². The second-order valence-corrected chi connectivity index (χ2v) is 6.97. The van der Waals surface area contributed by atoms with Crippen LogP contribution >= 0.6 is 0 Å². The number of hydrogen-bond acceptors (Lipinski definition) is 5. The highest BCUT2D eigenvalue weighted by atomic mass is 16.5. The van der Waals surface area contributed by atoms with E-state index < -0.39 is 30.4 Å². The SMILES string of the molecule is CCCNC(=O)NC(=O)COC(=O)CNC(=O)c1ccc(C(C)(C)C)cc1. The summed E-state index contributed by atoms with van der Waals surface area (Å²) >= 11 is 0. The van der Waals surface area contributed by atoms with Crippen LogP contribution in [0, 0.1) is 0 Å². The van der Waals surface area contributed by atoms with Gasteiger partial charge in [-0.15, -0.1) is 0 Å². The second-order valence-electron chi connectivity index (χ2n) is 6.97. The van der Waals surface area contributed by atoms with Crippen molar-refractivity contribution in [2.45, 2.75) is 39.5 Å². The Kier molecular flexibility index (Phi) is 8.44. The maximum absolute atomic E-state index is 12.0. The number of carbonyl (C=O) groups excluding carboxylic acids is 4. The van der Waals surface area contributed by atoms with Crippen molar-refractivity contribution in [1.29, 1.82) is 0 Å². The van der Waals surface area contributed by atoms with Gasteiger partial charge in [-0.3, -0.25) is 19.7 Å². The van der Waals surface area contributed by atoms with E-state index >= 15 is 0 Å². The Morgan fingerprint density at radius 3 is 2.19 bits per heavy atom. The fourth-order valence-corrected chi connectivity index (χ4v) is 2.02. The van der Waals surface area contributed by atoms with Gasteiger partial charge in [0.25, 0.3) is 11.8 Å². The van der Waals surface area contributed by atoms with E-state index in [0.29, 0.717) is 12.1 Å². The Balaban J connectivity index is 2.36. The summed E-state index contributed by atoms with van der Waals surface area (Å²) in [5, 5.41) is 6.90. The number of esters is 1. The van der Waals surface area contributed by atoms with E-state index in [2.05, 4.69) is 31.4 Å². The van der Waals surface area contributed by atoms with Crippen LogP contribution in [-0.4, -0.2) is 43.5 Å². The van der Waals surface area contributed by atoms with Gasteiger partial charge in [0.2, 0.25) is 0 Å². The highest BCUT2D eigenvalue weighted by Crippen LogP contribution is 2.22. The van der Waals surface area contributed by atoms with Crippen molar-refractivity contribution in [2.24, 2.45) is 0 Å². The summed E-state index contributed by atoms with van der Waals surface area (Å²) in [7, 11) is 0. The Morgan fingerprint density at radius 2 is 1.63 bits per heavy atom. The van der Waals surface area contributed by atoms with Gasteiger partial charge in [0, 0.05) is 12.1 Å². The van der Waals surface area contributed by atoms with E-state index in [1.807, 2.05) is 24.4 Å². The summed E-state index contributed by atoms with van der Waals surface area (Å²) in [5.41, 5.74) is 1.49. The van der Waals surface area contributed by atoms with E-state index in [1.165, 1.54) is 0 Å². The lowest BCUT2D eigenvalue weighted by Crippen LogP contribution is -2.42. The van der Waals surface area contributed by atoms with E-state index in [-0.39, 0.29) is 12.0 Å². The van der Waals surface area contributed by atoms with Crippen molar-refractivity contribution in [2.75, 3.05) is 19.7 Å². The van der Waals surface area contributed by atoms with Gasteiger partial charge in [-0.1, -0.05) is 39.8 Å². The molecule has 0 aliphatic rings. The number of ether oxygens (including phenoxy) is 1. The smallest absolute Gasteiger partial charge is 0.325 e. The quantitative estimate of drug-likeness (QED) is 0.623. The largest absolute Gasteiger partial charge is 0.454 e. The van der Waals surface area contributed by atoms with Gasteiger partial charge in [0.15, 0.2) is 6.61 Å². The summed E-state index contributed by atoms with van der Waals surface area (Å²) in [6, 6.07) is 6.44. The molecule has 27 heavy (non-hydrogen) atoms. The van der Waals surface area contributed by atoms with Crippen molar-refractivity contribution in [3.63, 3.8) is 0 Å². The topological polar surface area (TPSA) is 114 Å². The number of benzene rings is 1. The molecule has 0 spiro atoms. The number of urea groups is 1. The molecule has 0 bridgehead atoms. The molecule has 3 N–H and O–H groups in total. The van der Waals surface area contributed by atoms with Crippen molar-refractivity contribution < 1.29 is 23.9 Å². The maximum atomic E-state index is 12.0. The Bertz CT molecular complexity index is 678. The molecule has 8 heteroatoms. The summed E-state index contributed by atoms with van der Waals surface area (Å²) in [5.74, 6) is -1.95. The molecule has 1 aromatic rings. The standard InChI is InChI=1S/C19H27N3O5/c1-5-10-20-18(26)22-15(23)12-27-16(24)11-21-17(25)13-6-8-14(9-7-13)19(2,3)4/h6-9H,5,10-12H2,1-4H3,(H,21,25)(H2,20,22,23,26). The molecule has 1 rings (SSSR count). The first-order chi connectivity index (χ1) is 12.6. The zero-order valence-corrected chi connectivity index (χ0v) is 16.2. The first kappa shape index (κ1) is 22.1. The van der Waals surface area contributed by atoms with Crippen LogP contribution in [-0.2, 0) is 19.7 Å². The first-order valence-electron chi connectivity index (χ1n) is 8.75. The van der Waals surface area contributed by atoms with Crippen LogP contribution in [0.4, 0.5) is 4.79 Å². The number of carbonyl (C=O) groups is 4. The van der Waals surface area contributed by atoms with Gasteiger partial charge < -0.3 is 15.4 Å². The molecule has 0 aromatic heterocycles. The van der Waals surface area contributed by atoms with E-state index in [0.717, 1.165) is 12.0 Å². The molecular weight excluding hydrogens is 350 g/mol. The van der Waals surface area contributed by atoms with E-state index in [9.17, 15) is 19.2 Å². The Labute approximate surface area is 159 Å². The molecular formula is C19H27N3O5. The molecule has 0 unspecified atom stereocenters. The van der Waals surface area contributed by atoms with E-state index in [4.69, 9.17) is 4.74 Å². The fraction of sp³-hybridized carbons (Fsp3) is 0.474. The third kappa shape index (κ3) is 8.35. The lowest BCUT2D eigenvalue weighted by Gasteiger charge is -2.19. The zero-order chi connectivity index (χ0) is 20.4. The molecule has 0 atom stereocenters. The Hall–Kier alpha value is -2.90. The molecule has 0 heterocycles. The molecule has 0 saturated carbocycles. The van der Waals surface area contributed by atoms with Gasteiger partial charge in [-0.25, -0.2) is 4.79 Å². The van der Waals surface area contributed by atoms with Crippen molar-refractivity contribution in [3.05, 3.63) is 35.4 Å². The lowest BCUT2D eigenvalue weighted by molar-refractivity contribution is -0.147. The average molecular weight is 377 g/mol. The van der Waals surface area contributed by atoms with Crippen LogP contribution in [0.2, 0.25) is 0 Å². The highest BCUT2D eigenvalue weighted by molar-refractivity contribution is 5.97. The number of rotatable bonds is 7. The molecule has 4 amide bonds. The zero-order valence-electron chi connectivity index (χ0n) is 16.2. The monoisotopic (exact) mass is 377 g/mol. The number of hydrogen-bond donors (Lipinski definition) is 3. The molecule has 0 saturated heterocycles. The highest BCUT2D eigenvalue weighted by Gasteiger charge is 2.15. The van der Waals surface area contributed by atoms with Gasteiger partial charge in [0.1, 0.15) is 6.54 Å². The fourth-order valence-electron chi connectivity index (χ4n) is 2.02. The minimum atomic E-state index is -0.779. The number of amides is 4. The Morgan fingerprint density at radius 1 is 1.00 bits per heavy atom. The first-order valence-corrected chi connectivity index (χ1v) is 8.75. The second kappa shape index (κ2) is 10.3. The predicted octanol–water partition coefficient (Wildman–Crippen LogP) is 1.49. The molecule has 1 aromatic carbocycles. The molecule has 0 aliphatic carbocycles. The molecule has 0 aliphatic heterocycles. The molecule has 148 valence electrons. The maximum Gasteiger partial charge on any atom is 0.325 e. The normalized spacial score (nSPS) is 10.7. The van der Waals surface area contributed by atoms with Crippen LogP contribution in [0.15, 0.2) is 24.3 Å². The van der Waals surface area contributed by atoms with Gasteiger partial charge in [-0.2, -0.15) is 0 Å². The lowest BCUT2D eigenvalue weighted by atomic mass is 9.87. The minimum absolute atomic E-state index is 0.0210. The third-order valence-corrected chi connectivity index (χ3v) is 3.56. The van der Waals surface area contributed by atoms with Gasteiger partial charge >= 0.3 is 12.0 Å². The van der Waals surface area contributed by atoms with Gasteiger partial charge in [0.05, 0.1) is 0 Å². The minimum Gasteiger partial charge on any atom is -0.454 e. The van der Waals surface area contributed by atoms with Crippen LogP contribution in [0.5, 0.6) is 0 Å². The summed E-state index contributed by atoms with van der Waals surface area (Å²) < 4.78 is 4.71. The van der Waals surface area contributed by atoms with Crippen LogP contribution < -0.4 is 16.0 Å². The molecule has 0 radical (unpaired) electrons. The third-order valence-electron chi connectivity index (χ3n) is 3.56. The van der Waals surface area contributed by atoms with Crippen LogP contribution in [0.3, 0.4) is 0 Å². The van der Waals surface area contributed by atoms with Crippen LogP contribution in [0.25, 0.3) is 0 Å². The average Bonchev–Trinajstić information content (AvgIpc) is 2.62. The van der Waals surface area contributed by atoms with Gasteiger partial charge in [-0.05, 0) is 29.5 Å².